The van der Waals surface area contributed by atoms with Gasteiger partial charge in [-0.1, -0.05) is 19.1 Å². The third kappa shape index (κ3) is 4.69. The largest absolute Gasteiger partial charge is 0.313 e. The summed E-state index contributed by atoms with van der Waals surface area (Å²) in [7, 11) is -4.22. The molecule has 0 saturated heterocycles. The van der Waals surface area contributed by atoms with Gasteiger partial charge in [0.05, 0.1) is 10.5 Å². The fraction of sp³-hybridized carbons (Fsp3) is 0.273. The lowest BCUT2D eigenvalue weighted by Crippen LogP contribution is -2.36. The Morgan fingerprint density at radius 3 is 2.62 bits per heavy atom. The number of aromatic amines is 1. The van der Waals surface area contributed by atoms with Crippen LogP contribution in [0.3, 0.4) is 0 Å². The van der Waals surface area contributed by atoms with Gasteiger partial charge in [0.1, 0.15) is 17.5 Å². The number of nitrogens with zero attached hydrogens (tertiary/aromatic N) is 2. The van der Waals surface area contributed by atoms with Gasteiger partial charge in [0.2, 0.25) is 10.0 Å². The molecule has 1 aliphatic heterocycles. The first-order chi connectivity index (χ1) is 16.2. The van der Waals surface area contributed by atoms with E-state index in [0.717, 1.165) is 16.4 Å². The van der Waals surface area contributed by atoms with Crippen LogP contribution in [0.5, 0.6) is 0 Å². The predicted molar refractivity (Wildman–Crippen MR) is 118 cm³/mol. The fourth-order valence-corrected chi connectivity index (χ4v) is 5.26. The van der Waals surface area contributed by atoms with Gasteiger partial charge in [-0.15, -0.1) is 0 Å². The molecule has 1 aromatic heterocycles. The van der Waals surface area contributed by atoms with E-state index in [1.165, 1.54) is 12.1 Å². The van der Waals surface area contributed by atoms with Gasteiger partial charge in [-0.25, -0.2) is 21.6 Å². The van der Waals surface area contributed by atoms with Gasteiger partial charge in [-0.3, -0.25) is 9.89 Å². The lowest BCUT2D eigenvalue weighted by Gasteiger charge is -2.26. The standard InChI is InChI=1S/C22H22F3N5O3S/c1-2-26-11-13-4-3-5-18(25)20(13)22(31)27-21-17-12-30(7-6-19(17)28-29-21)34(32,33)16-9-14(23)8-15(24)10-16/h3-5,8-10,26H,2,6-7,11-12H2,1H3,(H2,27,28,29,31). The van der Waals surface area contributed by atoms with Gasteiger partial charge >= 0.3 is 0 Å². The molecule has 2 heterocycles. The SMILES string of the molecule is CCNCc1cccc(F)c1C(=O)Nc1n[nH]c2c1CN(S(=O)(=O)c1cc(F)cc(F)c1)CC2. The molecule has 8 nitrogen and oxygen atoms in total. The molecule has 34 heavy (non-hydrogen) atoms. The first kappa shape index (κ1) is 23.9. The number of aromatic nitrogens is 2. The fourth-order valence-electron chi connectivity index (χ4n) is 3.81. The molecule has 1 aliphatic rings. The zero-order valence-electron chi connectivity index (χ0n) is 18.2. The molecule has 1 amide bonds. The van der Waals surface area contributed by atoms with Crippen LogP contribution in [-0.4, -0.2) is 41.9 Å². The summed E-state index contributed by atoms with van der Waals surface area (Å²) >= 11 is 0. The lowest BCUT2D eigenvalue weighted by atomic mass is 10.1. The normalized spacial score (nSPS) is 14.1. The Morgan fingerprint density at radius 2 is 1.91 bits per heavy atom. The number of halogens is 3. The highest BCUT2D eigenvalue weighted by atomic mass is 32.2. The summed E-state index contributed by atoms with van der Waals surface area (Å²) < 4.78 is 68.7. The van der Waals surface area contributed by atoms with E-state index in [1.54, 1.807) is 6.07 Å². The van der Waals surface area contributed by atoms with E-state index in [2.05, 4.69) is 20.8 Å². The Bertz CT molecular complexity index is 1320. The second kappa shape index (κ2) is 9.57. The minimum absolute atomic E-state index is 0.0448. The molecule has 3 N–H and O–H groups in total. The van der Waals surface area contributed by atoms with Crippen molar-refractivity contribution in [3.63, 3.8) is 0 Å². The van der Waals surface area contributed by atoms with Crippen LogP contribution in [0.15, 0.2) is 41.3 Å². The van der Waals surface area contributed by atoms with E-state index < -0.39 is 38.3 Å². The van der Waals surface area contributed by atoms with Crippen molar-refractivity contribution in [3.8, 4) is 0 Å². The zero-order valence-corrected chi connectivity index (χ0v) is 19.0. The maximum atomic E-state index is 14.5. The number of hydrogen-bond acceptors (Lipinski definition) is 5. The van der Waals surface area contributed by atoms with E-state index in [-0.39, 0.29) is 37.4 Å². The Morgan fingerprint density at radius 1 is 1.18 bits per heavy atom. The van der Waals surface area contributed by atoms with Crippen molar-refractivity contribution in [3.05, 3.63) is 76.2 Å². The predicted octanol–water partition coefficient (Wildman–Crippen LogP) is 2.94. The Hall–Kier alpha value is -3.22. The number of benzene rings is 2. The van der Waals surface area contributed by atoms with Crippen LogP contribution in [0, 0.1) is 17.5 Å². The van der Waals surface area contributed by atoms with Crippen LogP contribution in [0.1, 0.15) is 34.1 Å². The number of amides is 1. The van der Waals surface area contributed by atoms with Crippen LogP contribution >= 0.6 is 0 Å². The van der Waals surface area contributed by atoms with Crippen molar-refractivity contribution >= 4 is 21.7 Å². The molecule has 180 valence electrons. The summed E-state index contributed by atoms with van der Waals surface area (Å²) in [6, 6.07) is 6.40. The number of fused-ring (bicyclic) bond motifs is 1. The molecular weight excluding hydrogens is 471 g/mol. The lowest BCUT2D eigenvalue weighted by molar-refractivity contribution is 0.102. The van der Waals surface area contributed by atoms with E-state index in [9.17, 15) is 26.4 Å². The first-order valence-electron chi connectivity index (χ1n) is 10.5. The van der Waals surface area contributed by atoms with Gasteiger partial charge in [-0.2, -0.15) is 9.40 Å². The molecule has 0 atom stereocenters. The number of H-pyrrole nitrogens is 1. The molecule has 12 heteroatoms. The number of rotatable bonds is 7. The number of hydrogen-bond donors (Lipinski definition) is 3. The summed E-state index contributed by atoms with van der Waals surface area (Å²) in [5, 5.41) is 12.4. The summed E-state index contributed by atoms with van der Waals surface area (Å²) in [4.78, 5) is 12.4. The van der Waals surface area contributed by atoms with E-state index in [1.807, 2.05) is 6.92 Å². The molecule has 0 unspecified atom stereocenters. The van der Waals surface area contributed by atoms with Gasteiger partial charge in [0, 0.05) is 43.4 Å². The van der Waals surface area contributed by atoms with E-state index >= 15 is 0 Å². The zero-order chi connectivity index (χ0) is 24.5. The first-order valence-corrected chi connectivity index (χ1v) is 12.0. The number of carbonyl (C=O) groups excluding carboxylic acids is 1. The molecular formula is C22H22F3N5O3S. The minimum atomic E-state index is -4.22. The Balaban J connectivity index is 1.60. The van der Waals surface area contributed by atoms with Gasteiger partial charge in [-0.05, 0) is 30.3 Å². The number of sulfonamides is 1. The third-order valence-electron chi connectivity index (χ3n) is 5.50. The highest BCUT2D eigenvalue weighted by Crippen LogP contribution is 2.29. The van der Waals surface area contributed by atoms with Gasteiger partial charge < -0.3 is 10.6 Å². The van der Waals surface area contributed by atoms with E-state index in [0.29, 0.717) is 29.4 Å². The van der Waals surface area contributed by atoms with E-state index in [4.69, 9.17) is 0 Å². The van der Waals surface area contributed by atoms with Gasteiger partial charge in [0.15, 0.2) is 5.82 Å². The summed E-state index contributed by atoms with van der Waals surface area (Å²) in [5.74, 6) is -3.39. The Labute approximate surface area is 194 Å². The quantitative estimate of drug-likeness (QED) is 0.469. The molecule has 3 aromatic rings. The molecule has 0 saturated carbocycles. The molecule has 0 radical (unpaired) electrons. The Kier molecular flexibility index (Phi) is 6.73. The smallest absolute Gasteiger partial charge is 0.260 e. The molecule has 0 fully saturated rings. The minimum Gasteiger partial charge on any atom is -0.313 e. The molecule has 4 rings (SSSR count). The highest BCUT2D eigenvalue weighted by molar-refractivity contribution is 7.89. The van der Waals surface area contributed by atoms with Crippen LogP contribution in [0.2, 0.25) is 0 Å². The second-order valence-corrected chi connectivity index (χ2v) is 9.67. The third-order valence-corrected chi connectivity index (χ3v) is 7.32. The topological polar surface area (TPSA) is 107 Å². The molecule has 0 bridgehead atoms. The van der Waals surface area contributed by atoms with Crippen LogP contribution in [-0.2, 0) is 29.5 Å². The summed E-state index contributed by atoms with van der Waals surface area (Å²) in [5.41, 5.74) is 1.31. The highest BCUT2D eigenvalue weighted by Gasteiger charge is 2.32. The maximum Gasteiger partial charge on any atom is 0.260 e. The summed E-state index contributed by atoms with van der Waals surface area (Å²) in [6.07, 6.45) is 0.237. The van der Waals surface area contributed by atoms with Crippen molar-refractivity contribution in [2.45, 2.75) is 31.3 Å². The maximum absolute atomic E-state index is 14.5. The van der Waals surface area contributed by atoms with Crippen molar-refractivity contribution in [2.24, 2.45) is 0 Å². The van der Waals surface area contributed by atoms with Crippen molar-refractivity contribution in [2.75, 3.05) is 18.4 Å². The average molecular weight is 494 g/mol. The van der Waals surface area contributed by atoms with Gasteiger partial charge in [0.25, 0.3) is 5.91 Å². The van der Waals surface area contributed by atoms with Crippen molar-refractivity contribution in [1.29, 1.82) is 0 Å². The van der Waals surface area contributed by atoms with Crippen molar-refractivity contribution in [1.82, 2.24) is 19.8 Å². The molecule has 0 aliphatic carbocycles. The molecule has 2 aromatic carbocycles. The van der Waals surface area contributed by atoms with Crippen LogP contribution < -0.4 is 10.6 Å². The summed E-state index contributed by atoms with van der Waals surface area (Å²) in [6.45, 7) is 2.65. The number of carbonyl (C=O) groups is 1. The molecule has 0 spiro atoms. The average Bonchev–Trinajstić information content (AvgIpc) is 3.18. The number of nitrogens with one attached hydrogen (secondary N) is 3. The second-order valence-electron chi connectivity index (χ2n) is 7.73. The van der Waals surface area contributed by atoms with Crippen LogP contribution in [0.25, 0.3) is 0 Å². The van der Waals surface area contributed by atoms with Crippen molar-refractivity contribution < 1.29 is 26.4 Å². The number of anilines is 1. The monoisotopic (exact) mass is 493 g/mol. The van der Waals surface area contributed by atoms with Crippen LogP contribution in [0.4, 0.5) is 19.0 Å².